The maximum absolute atomic E-state index is 13.2. The Morgan fingerprint density at radius 2 is 2.08 bits per heavy atom. The van der Waals surface area contributed by atoms with Crippen molar-refractivity contribution in [2.75, 3.05) is 20.3 Å². The van der Waals surface area contributed by atoms with Gasteiger partial charge >= 0.3 is 0 Å². The molecule has 0 radical (unpaired) electrons. The highest BCUT2D eigenvalue weighted by molar-refractivity contribution is 14.1. The average molecular weight is 640 g/mol. The quantitative estimate of drug-likeness (QED) is 0.178. The molecule has 1 heterocycles. The van der Waals surface area contributed by atoms with E-state index in [4.69, 9.17) is 19.0 Å². The van der Waals surface area contributed by atoms with Crippen molar-refractivity contribution in [3.8, 4) is 11.5 Å². The average Bonchev–Trinajstić information content (AvgIpc) is 3.44. The fourth-order valence-electron chi connectivity index (χ4n) is 4.07. The Hall–Kier alpha value is -3.23. The minimum Gasteiger partial charge on any atom is -0.493 e. The van der Waals surface area contributed by atoms with Gasteiger partial charge in [-0.15, -0.1) is 0 Å². The number of methoxy groups -OCH3 is 1. The van der Waals surface area contributed by atoms with Gasteiger partial charge in [0.05, 0.1) is 35.9 Å². The molecular weight excluding hydrogens is 611 g/mol. The molecule has 0 saturated carbocycles. The Morgan fingerprint density at radius 1 is 1.32 bits per heavy atom. The minimum atomic E-state index is -1.35. The van der Waals surface area contributed by atoms with Crippen molar-refractivity contribution in [3.05, 3.63) is 57.1 Å². The lowest BCUT2D eigenvalue weighted by molar-refractivity contribution is -0.149. The van der Waals surface area contributed by atoms with E-state index in [9.17, 15) is 24.3 Å². The zero-order chi connectivity index (χ0) is 27.8. The second-order valence-electron chi connectivity index (χ2n) is 8.51. The summed E-state index contributed by atoms with van der Waals surface area (Å²) in [5.41, 5.74) is 1.15. The van der Waals surface area contributed by atoms with Crippen LogP contribution in [0.5, 0.6) is 11.5 Å². The van der Waals surface area contributed by atoms with Crippen molar-refractivity contribution in [1.82, 2.24) is 10.2 Å². The molecule has 0 fully saturated rings. The van der Waals surface area contributed by atoms with E-state index < -0.39 is 35.8 Å². The number of furan rings is 1. The molecular formula is C26H29IN2O9. The number of ether oxygens (including phenoxy) is 2. The van der Waals surface area contributed by atoms with Crippen LogP contribution in [0.2, 0.25) is 0 Å². The van der Waals surface area contributed by atoms with Gasteiger partial charge in [-0.25, -0.2) is 0 Å². The Kier molecular flexibility index (Phi) is 10.4. The van der Waals surface area contributed by atoms with Crippen LogP contribution in [0.25, 0.3) is 0 Å². The second-order valence-corrected chi connectivity index (χ2v) is 9.67. The fraction of sp³-hybridized carbons (Fsp3) is 0.385. The summed E-state index contributed by atoms with van der Waals surface area (Å²) in [7, 11) is 1.40. The van der Waals surface area contributed by atoms with E-state index in [-0.39, 0.29) is 49.6 Å². The number of Topliss-reactive ketones (excluding diaryl/α,β-unsaturated/α-hetero) is 1. The molecule has 3 unspecified atom stereocenters. The standard InChI is InChI=1S/C26H29IN2O9/c1-3-20(32)26(35)29(12-15-4-7-37-14-15)19-10-17(25(34)28-5-6-30)11-21(23(19)33)38-24-18(27)8-16(13-31)9-22(24)36-2/h4,7-9,11,13-14,19,21,23,30,33H,3,5-6,10,12H2,1-2H3,(H,28,34). The van der Waals surface area contributed by atoms with E-state index in [0.717, 1.165) is 0 Å². The third-order valence-electron chi connectivity index (χ3n) is 6.01. The molecule has 3 N–H and O–H groups in total. The fourth-order valence-corrected chi connectivity index (χ4v) is 4.82. The summed E-state index contributed by atoms with van der Waals surface area (Å²) in [5, 5.41) is 23.2. The van der Waals surface area contributed by atoms with Gasteiger partial charge in [0.2, 0.25) is 11.7 Å². The maximum atomic E-state index is 13.2. The van der Waals surface area contributed by atoms with Gasteiger partial charge in [0.25, 0.3) is 5.91 Å². The van der Waals surface area contributed by atoms with Crippen molar-refractivity contribution >= 4 is 46.5 Å². The van der Waals surface area contributed by atoms with Crippen molar-refractivity contribution in [1.29, 1.82) is 0 Å². The molecule has 1 aliphatic rings. The van der Waals surface area contributed by atoms with Gasteiger partial charge in [-0.2, -0.15) is 0 Å². The number of nitrogens with one attached hydrogen (secondary N) is 1. The highest BCUT2D eigenvalue weighted by atomic mass is 127. The summed E-state index contributed by atoms with van der Waals surface area (Å²) in [6.45, 7) is 1.24. The predicted molar refractivity (Wildman–Crippen MR) is 143 cm³/mol. The molecule has 11 nitrogen and oxygen atoms in total. The number of hydrogen-bond donors (Lipinski definition) is 3. The van der Waals surface area contributed by atoms with E-state index in [1.807, 2.05) is 22.6 Å². The van der Waals surface area contributed by atoms with Crippen molar-refractivity contribution in [2.45, 2.75) is 44.6 Å². The van der Waals surface area contributed by atoms with Crippen LogP contribution in [0.3, 0.4) is 0 Å². The Morgan fingerprint density at radius 3 is 2.68 bits per heavy atom. The zero-order valence-electron chi connectivity index (χ0n) is 20.9. The van der Waals surface area contributed by atoms with Gasteiger partial charge in [-0.3, -0.25) is 19.2 Å². The summed E-state index contributed by atoms with van der Waals surface area (Å²) in [5.74, 6) is -1.51. The van der Waals surface area contributed by atoms with E-state index in [2.05, 4.69) is 5.32 Å². The van der Waals surface area contributed by atoms with E-state index in [0.29, 0.717) is 21.0 Å². The van der Waals surface area contributed by atoms with Crippen molar-refractivity contribution in [2.24, 2.45) is 0 Å². The first-order valence-electron chi connectivity index (χ1n) is 11.9. The van der Waals surface area contributed by atoms with Gasteiger partial charge in [-0.1, -0.05) is 6.92 Å². The zero-order valence-corrected chi connectivity index (χ0v) is 23.0. The molecule has 2 amide bonds. The van der Waals surface area contributed by atoms with Crippen LogP contribution >= 0.6 is 22.6 Å². The molecule has 1 aromatic heterocycles. The number of carbonyl (C=O) groups is 4. The molecule has 0 bridgehead atoms. The number of rotatable bonds is 12. The minimum absolute atomic E-state index is 0.000217. The molecule has 1 aromatic carbocycles. The van der Waals surface area contributed by atoms with Gasteiger partial charge < -0.3 is 34.3 Å². The largest absolute Gasteiger partial charge is 0.493 e. The smallest absolute Gasteiger partial charge is 0.290 e. The van der Waals surface area contributed by atoms with Gasteiger partial charge in [-0.05, 0) is 46.9 Å². The first kappa shape index (κ1) is 29.3. The molecule has 2 aromatic rings. The number of halogens is 1. The van der Waals surface area contributed by atoms with Gasteiger partial charge in [0, 0.05) is 42.6 Å². The summed E-state index contributed by atoms with van der Waals surface area (Å²) >= 11 is 1.96. The molecule has 0 saturated heterocycles. The highest BCUT2D eigenvalue weighted by Crippen LogP contribution is 2.37. The molecule has 204 valence electrons. The number of hydrogen-bond acceptors (Lipinski definition) is 9. The maximum Gasteiger partial charge on any atom is 0.290 e. The number of nitrogens with zero attached hydrogens (tertiary/aromatic N) is 1. The first-order valence-corrected chi connectivity index (χ1v) is 12.9. The van der Waals surface area contributed by atoms with Crippen LogP contribution in [0.15, 0.2) is 46.8 Å². The second kappa shape index (κ2) is 13.5. The first-order chi connectivity index (χ1) is 18.2. The number of benzene rings is 1. The van der Waals surface area contributed by atoms with Crippen LogP contribution in [0.4, 0.5) is 0 Å². The Bertz CT molecular complexity index is 1200. The number of aliphatic hydroxyl groups excluding tert-OH is 2. The normalized spacial score (nSPS) is 18.8. The molecule has 0 spiro atoms. The monoisotopic (exact) mass is 640 g/mol. The third kappa shape index (κ3) is 6.79. The topological polar surface area (TPSA) is 156 Å². The lowest BCUT2D eigenvalue weighted by Crippen LogP contribution is -2.56. The number of amides is 2. The van der Waals surface area contributed by atoms with Crippen LogP contribution in [0.1, 0.15) is 35.7 Å². The summed E-state index contributed by atoms with van der Waals surface area (Å²) in [6, 6.07) is 3.66. The molecule has 38 heavy (non-hydrogen) atoms. The number of aldehydes is 1. The summed E-state index contributed by atoms with van der Waals surface area (Å²) in [4.78, 5) is 51.0. The van der Waals surface area contributed by atoms with Crippen LogP contribution in [0, 0.1) is 3.57 Å². The highest BCUT2D eigenvalue weighted by Gasteiger charge is 2.42. The lowest BCUT2D eigenvalue weighted by Gasteiger charge is -2.40. The van der Waals surface area contributed by atoms with Crippen LogP contribution in [-0.4, -0.2) is 77.5 Å². The Balaban J connectivity index is 2.05. The molecule has 12 heteroatoms. The number of ketones is 1. The number of carbonyl (C=O) groups excluding carboxylic acids is 4. The van der Waals surface area contributed by atoms with E-state index >= 15 is 0 Å². The molecule has 3 rings (SSSR count). The summed E-state index contributed by atoms with van der Waals surface area (Å²) in [6.07, 6.45) is 2.35. The SMILES string of the molecule is CCC(=O)C(=O)N(Cc1ccoc1)C1CC(C(=O)NCCO)=CC(Oc2c(I)cc(C=O)cc2OC)C1O. The molecule has 3 atom stereocenters. The third-order valence-corrected chi connectivity index (χ3v) is 6.81. The van der Waals surface area contributed by atoms with E-state index in [1.54, 1.807) is 19.1 Å². The molecule has 1 aliphatic carbocycles. The Labute approximate surface area is 232 Å². The van der Waals surface area contributed by atoms with Crippen molar-refractivity contribution in [3.63, 3.8) is 0 Å². The number of aliphatic hydroxyl groups is 2. The van der Waals surface area contributed by atoms with E-state index in [1.165, 1.54) is 36.7 Å². The van der Waals surface area contributed by atoms with Gasteiger partial charge in [0.15, 0.2) is 11.5 Å². The lowest BCUT2D eigenvalue weighted by atomic mass is 9.87. The van der Waals surface area contributed by atoms with Crippen LogP contribution in [-0.2, 0) is 20.9 Å². The van der Waals surface area contributed by atoms with Gasteiger partial charge in [0.1, 0.15) is 18.5 Å². The van der Waals surface area contributed by atoms with Crippen LogP contribution < -0.4 is 14.8 Å². The predicted octanol–water partition coefficient (Wildman–Crippen LogP) is 1.63. The van der Waals surface area contributed by atoms with Crippen molar-refractivity contribution < 1.29 is 43.3 Å². The molecule has 0 aliphatic heterocycles. The summed E-state index contributed by atoms with van der Waals surface area (Å²) < 4.78 is 17.2.